The summed E-state index contributed by atoms with van der Waals surface area (Å²) in [7, 11) is 1.90. The van der Waals surface area contributed by atoms with E-state index in [1.54, 1.807) is 6.07 Å². The van der Waals surface area contributed by atoms with Gasteiger partial charge in [0.05, 0.1) is 11.4 Å². The topological polar surface area (TPSA) is 53.1 Å². The molecular weight excluding hydrogens is 262 g/mol. The second-order valence-electron chi connectivity index (χ2n) is 4.66. The Balaban J connectivity index is 2.17. The Morgan fingerprint density at radius 1 is 1.42 bits per heavy atom. The zero-order chi connectivity index (χ0) is 14.0. The molecule has 0 spiro atoms. The zero-order valence-corrected chi connectivity index (χ0v) is 12.1. The van der Waals surface area contributed by atoms with E-state index >= 15 is 0 Å². The molecule has 0 aliphatic rings. The van der Waals surface area contributed by atoms with Crippen molar-refractivity contribution < 1.29 is 4.74 Å². The van der Waals surface area contributed by atoms with E-state index in [0.717, 1.165) is 22.7 Å². The highest BCUT2D eigenvalue weighted by molar-refractivity contribution is 6.30. The van der Waals surface area contributed by atoms with Crippen LogP contribution in [-0.4, -0.2) is 9.78 Å². The predicted molar refractivity (Wildman–Crippen MR) is 76.3 cm³/mol. The summed E-state index contributed by atoms with van der Waals surface area (Å²) < 4.78 is 7.65. The van der Waals surface area contributed by atoms with E-state index < -0.39 is 0 Å². The van der Waals surface area contributed by atoms with Crippen molar-refractivity contribution in [3.8, 4) is 5.75 Å². The Kier molecular flexibility index (Phi) is 4.12. The number of benzene rings is 1. The molecule has 2 aromatic rings. The van der Waals surface area contributed by atoms with Crippen molar-refractivity contribution in [2.24, 2.45) is 12.8 Å². The summed E-state index contributed by atoms with van der Waals surface area (Å²) >= 11 is 5.98. The van der Waals surface area contributed by atoms with Crippen LogP contribution in [0.25, 0.3) is 0 Å². The van der Waals surface area contributed by atoms with Crippen LogP contribution in [-0.2, 0) is 13.7 Å². The molecule has 1 unspecified atom stereocenters. The van der Waals surface area contributed by atoms with Crippen LogP contribution < -0.4 is 10.5 Å². The number of ether oxygens (including phenoxy) is 1. The number of hydrogen-bond donors (Lipinski definition) is 1. The van der Waals surface area contributed by atoms with Gasteiger partial charge in [-0.15, -0.1) is 0 Å². The summed E-state index contributed by atoms with van der Waals surface area (Å²) in [6.45, 7) is 4.32. The molecule has 19 heavy (non-hydrogen) atoms. The van der Waals surface area contributed by atoms with Gasteiger partial charge in [-0.2, -0.15) is 5.10 Å². The first kappa shape index (κ1) is 13.9. The predicted octanol–water partition coefficient (Wildman–Crippen LogP) is 2.98. The number of nitrogens with zero attached hydrogens (tertiary/aromatic N) is 2. The van der Waals surface area contributed by atoms with Crippen LogP contribution in [0.3, 0.4) is 0 Å². The standard InChI is InChI=1S/C14H18ClN3O/c1-9-6-12(18(3)17-9)8-19-14-5-4-11(15)7-13(14)10(2)16/h4-7,10H,8,16H2,1-3H3. The van der Waals surface area contributed by atoms with Crippen LogP contribution >= 0.6 is 11.6 Å². The summed E-state index contributed by atoms with van der Waals surface area (Å²) in [6, 6.07) is 7.38. The first-order valence-corrected chi connectivity index (χ1v) is 6.52. The molecule has 1 aromatic carbocycles. The van der Waals surface area contributed by atoms with E-state index in [-0.39, 0.29) is 6.04 Å². The van der Waals surface area contributed by atoms with E-state index in [0.29, 0.717) is 11.6 Å². The van der Waals surface area contributed by atoms with E-state index in [2.05, 4.69) is 5.10 Å². The van der Waals surface area contributed by atoms with E-state index in [4.69, 9.17) is 22.1 Å². The number of aryl methyl sites for hydroxylation is 2. The normalized spacial score (nSPS) is 12.5. The maximum absolute atomic E-state index is 5.98. The second kappa shape index (κ2) is 5.63. The van der Waals surface area contributed by atoms with Crippen LogP contribution in [0.15, 0.2) is 24.3 Å². The van der Waals surface area contributed by atoms with E-state index in [1.165, 1.54) is 0 Å². The lowest BCUT2D eigenvalue weighted by molar-refractivity contribution is 0.290. The van der Waals surface area contributed by atoms with Gasteiger partial charge in [-0.25, -0.2) is 0 Å². The van der Waals surface area contributed by atoms with Gasteiger partial charge >= 0.3 is 0 Å². The number of nitrogens with two attached hydrogens (primary N) is 1. The number of hydrogen-bond acceptors (Lipinski definition) is 3. The van der Waals surface area contributed by atoms with Crippen molar-refractivity contribution in [1.82, 2.24) is 9.78 Å². The molecule has 1 heterocycles. The van der Waals surface area contributed by atoms with Gasteiger partial charge in [0.25, 0.3) is 0 Å². The maximum Gasteiger partial charge on any atom is 0.130 e. The highest BCUT2D eigenvalue weighted by Crippen LogP contribution is 2.27. The molecule has 0 aliphatic heterocycles. The van der Waals surface area contributed by atoms with Crippen molar-refractivity contribution in [3.63, 3.8) is 0 Å². The van der Waals surface area contributed by atoms with Crippen LogP contribution in [0.5, 0.6) is 5.75 Å². The number of aromatic nitrogens is 2. The maximum atomic E-state index is 5.98. The minimum atomic E-state index is -0.123. The molecule has 0 radical (unpaired) electrons. The fourth-order valence-electron chi connectivity index (χ4n) is 1.96. The van der Waals surface area contributed by atoms with Crippen LogP contribution in [0.4, 0.5) is 0 Å². The summed E-state index contributed by atoms with van der Waals surface area (Å²) in [5.41, 5.74) is 8.83. The minimum Gasteiger partial charge on any atom is -0.487 e. The second-order valence-corrected chi connectivity index (χ2v) is 5.10. The van der Waals surface area contributed by atoms with Gasteiger partial charge in [0.2, 0.25) is 0 Å². The first-order chi connectivity index (χ1) is 8.97. The molecule has 1 aromatic heterocycles. The van der Waals surface area contributed by atoms with Crippen LogP contribution in [0.2, 0.25) is 5.02 Å². The monoisotopic (exact) mass is 279 g/mol. The van der Waals surface area contributed by atoms with Gasteiger partial charge in [-0.1, -0.05) is 11.6 Å². The smallest absolute Gasteiger partial charge is 0.130 e. The molecule has 0 fully saturated rings. The molecule has 102 valence electrons. The molecular formula is C14H18ClN3O. The summed E-state index contributed by atoms with van der Waals surface area (Å²) in [5, 5.41) is 4.95. The van der Waals surface area contributed by atoms with Gasteiger partial charge < -0.3 is 10.5 Å². The van der Waals surface area contributed by atoms with Crippen molar-refractivity contribution >= 4 is 11.6 Å². The molecule has 0 aliphatic carbocycles. The van der Waals surface area contributed by atoms with Crippen LogP contribution in [0, 0.1) is 6.92 Å². The third kappa shape index (κ3) is 3.28. The summed E-state index contributed by atoms with van der Waals surface area (Å²) in [4.78, 5) is 0. The lowest BCUT2D eigenvalue weighted by Gasteiger charge is -2.14. The molecule has 2 rings (SSSR count). The third-order valence-electron chi connectivity index (χ3n) is 2.94. The number of rotatable bonds is 4. The highest BCUT2D eigenvalue weighted by atomic mass is 35.5. The molecule has 0 bridgehead atoms. The van der Waals surface area contributed by atoms with E-state index in [9.17, 15) is 0 Å². The van der Waals surface area contributed by atoms with Gasteiger partial charge in [0.15, 0.2) is 0 Å². The highest BCUT2D eigenvalue weighted by Gasteiger charge is 2.10. The molecule has 5 heteroatoms. The molecule has 0 amide bonds. The van der Waals surface area contributed by atoms with Gasteiger partial charge in [-0.3, -0.25) is 4.68 Å². The molecule has 4 nitrogen and oxygen atoms in total. The Morgan fingerprint density at radius 2 is 2.16 bits per heavy atom. The van der Waals surface area contributed by atoms with Gasteiger partial charge in [-0.05, 0) is 38.1 Å². The van der Waals surface area contributed by atoms with Crippen molar-refractivity contribution in [2.45, 2.75) is 26.5 Å². The largest absolute Gasteiger partial charge is 0.487 e. The lowest BCUT2D eigenvalue weighted by atomic mass is 10.1. The third-order valence-corrected chi connectivity index (χ3v) is 3.17. The van der Waals surface area contributed by atoms with Crippen molar-refractivity contribution in [2.75, 3.05) is 0 Å². The summed E-state index contributed by atoms with van der Waals surface area (Å²) in [5.74, 6) is 0.762. The molecule has 1 atom stereocenters. The Bertz CT molecular complexity index is 578. The van der Waals surface area contributed by atoms with E-state index in [1.807, 2.05) is 43.8 Å². The summed E-state index contributed by atoms with van der Waals surface area (Å²) in [6.07, 6.45) is 0. The molecule has 0 saturated heterocycles. The van der Waals surface area contributed by atoms with Crippen LogP contribution in [0.1, 0.15) is 29.9 Å². The average molecular weight is 280 g/mol. The zero-order valence-electron chi connectivity index (χ0n) is 11.4. The fourth-order valence-corrected chi connectivity index (χ4v) is 2.14. The quantitative estimate of drug-likeness (QED) is 0.936. The van der Waals surface area contributed by atoms with Gasteiger partial charge in [0, 0.05) is 23.7 Å². The van der Waals surface area contributed by atoms with Gasteiger partial charge in [0.1, 0.15) is 12.4 Å². The molecule has 0 saturated carbocycles. The SMILES string of the molecule is Cc1cc(COc2ccc(Cl)cc2C(C)N)n(C)n1. The minimum absolute atomic E-state index is 0.123. The first-order valence-electron chi connectivity index (χ1n) is 6.14. The Hall–Kier alpha value is -1.52. The Labute approximate surface area is 118 Å². The van der Waals surface area contributed by atoms with Crippen molar-refractivity contribution in [3.05, 3.63) is 46.2 Å². The fraction of sp³-hybridized carbons (Fsp3) is 0.357. The average Bonchev–Trinajstić information content (AvgIpc) is 2.66. The lowest BCUT2D eigenvalue weighted by Crippen LogP contribution is -2.09. The molecule has 2 N–H and O–H groups in total. The van der Waals surface area contributed by atoms with Crippen molar-refractivity contribution in [1.29, 1.82) is 0 Å². The number of halogens is 1. The Morgan fingerprint density at radius 3 is 2.74 bits per heavy atom.